The predicted octanol–water partition coefficient (Wildman–Crippen LogP) is 4.53. The summed E-state index contributed by atoms with van der Waals surface area (Å²) in [4.78, 5) is 43.2. The molecule has 0 unspecified atom stereocenters. The second kappa shape index (κ2) is 10.1. The van der Waals surface area contributed by atoms with Crippen molar-refractivity contribution < 1.29 is 14.4 Å². The number of aromatic amines is 1. The first-order valence-electron chi connectivity index (χ1n) is 12.0. The van der Waals surface area contributed by atoms with Crippen LogP contribution in [0.25, 0.3) is 22.8 Å². The number of nitrogens with one attached hydrogen (secondary N) is 3. The maximum absolute atomic E-state index is 12.9. The minimum Gasteiger partial charge on any atom is -0.361 e. The fraction of sp³-hybridized carbons (Fsp3) is 0.250. The van der Waals surface area contributed by atoms with Gasteiger partial charge in [0, 0.05) is 28.2 Å². The summed E-state index contributed by atoms with van der Waals surface area (Å²) in [7, 11) is 0. The lowest BCUT2D eigenvalue weighted by molar-refractivity contribution is -0.119. The third-order valence-electron chi connectivity index (χ3n) is 6.72. The number of anilines is 1. The number of amides is 2. The molecular weight excluding hydrogens is 476 g/mol. The Hall–Kier alpha value is -3.68. The molecule has 0 bridgehead atoms. The molecule has 36 heavy (non-hydrogen) atoms. The molecular formula is C28H27ClN4O3. The van der Waals surface area contributed by atoms with Crippen molar-refractivity contribution in [2.45, 2.75) is 19.8 Å². The average molecular weight is 503 g/mol. The molecule has 0 aliphatic carbocycles. The van der Waals surface area contributed by atoms with Crippen LogP contribution in [0.4, 0.5) is 5.69 Å². The fourth-order valence-electron chi connectivity index (χ4n) is 4.85. The van der Waals surface area contributed by atoms with E-state index in [0.717, 1.165) is 48.3 Å². The molecule has 1 fully saturated rings. The van der Waals surface area contributed by atoms with Crippen LogP contribution in [0, 0.1) is 6.92 Å². The molecule has 2 aliphatic heterocycles. The van der Waals surface area contributed by atoms with Crippen molar-refractivity contribution in [2.75, 3.05) is 31.5 Å². The Morgan fingerprint density at radius 1 is 1.14 bits per heavy atom. The SMILES string of the molecule is Cc1c(C(=O)NCC(=O)CN2CCCC2)c[nH]c1C=C1C(=O)Nc2cccc(-c3cccc(Cl)c3)c21. The van der Waals surface area contributed by atoms with Gasteiger partial charge in [-0.25, -0.2) is 0 Å². The summed E-state index contributed by atoms with van der Waals surface area (Å²) in [5.74, 6) is -0.542. The average Bonchev–Trinajstić information content (AvgIpc) is 3.58. The van der Waals surface area contributed by atoms with E-state index in [9.17, 15) is 14.4 Å². The van der Waals surface area contributed by atoms with Crippen LogP contribution in [0.3, 0.4) is 0 Å². The maximum atomic E-state index is 12.9. The third kappa shape index (κ3) is 4.85. The van der Waals surface area contributed by atoms with E-state index in [1.54, 1.807) is 12.3 Å². The zero-order chi connectivity index (χ0) is 25.2. The van der Waals surface area contributed by atoms with Crippen LogP contribution in [-0.2, 0) is 9.59 Å². The Balaban J connectivity index is 1.38. The first-order chi connectivity index (χ1) is 17.4. The number of H-pyrrole nitrogens is 1. The Morgan fingerprint density at radius 3 is 2.69 bits per heavy atom. The molecule has 5 rings (SSSR count). The number of nitrogens with zero attached hydrogens (tertiary/aromatic N) is 1. The van der Waals surface area contributed by atoms with Gasteiger partial charge in [0.25, 0.3) is 11.8 Å². The molecule has 8 heteroatoms. The summed E-state index contributed by atoms with van der Waals surface area (Å²) in [6, 6.07) is 13.2. The summed E-state index contributed by atoms with van der Waals surface area (Å²) in [6.07, 6.45) is 5.60. The molecule has 1 aromatic heterocycles. The molecule has 0 atom stereocenters. The molecule has 0 spiro atoms. The minimum atomic E-state index is -0.320. The number of rotatable bonds is 7. The van der Waals surface area contributed by atoms with E-state index in [4.69, 9.17) is 11.6 Å². The number of aromatic nitrogens is 1. The summed E-state index contributed by atoms with van der Waals surface area (Å²) >= 11 is 6.22. The van der Waals surface area contributed by atoms with Crippen LogP contribution in [0.2, 0.25) is 5.02 Å². The van der Waals surface area contributed by atoms with Crippen LogP contribution >= 0.6 is 11.6 Å². The van der Waals surface area contributed by atoms with Crippen molar-refractivity contribution in [1.29, 1.82) is 0 Å². The number of Topliss-reactive ketones (excluding diaryl/α,β-unsaturated/α-hetero) is 1. The molecule has 3 aromatic rings. The number of benzene rings is 2. The second-order valence-corrected chi connectivity index (χ2v) is 9.63. The van der Waals surface area contributed by atoms with Crippen LogP contribution in [0.1, 0.15) is 40.0 Å². The van der Waals surface area contributed by atoms with E-state index in [2.05, 4.69) is 20.5 Å². The quantitative estimate of drug-likeness (QED) is 0.414. The van der Waals surface area contributed by atoms with Crippen molar-refractivity contribution >= 4 is 46.5 Å². The Labute approximate surface area is 214 Å². The van der Waals surface area contributed by atoms with E-state index in [0.29, 0.717) is 34.0 Å². The van der Waals surface area contributed by atoms with E-state index in [1.165, 1.54) is 0 Å². The molecule has 2 aromatic carbocycles. The lowest BCUT2D eigenvalue weighted by atomic mass is 9.94. The standard InChI is InChI=1S/C28H27ClN4O3/c1-17-23(27(35)31-14-20(34)16-33-10-2-3-11-33)15-30-25(17)13-22-26-21(18-6-4-7-19(29)12-18)8-5-9-24(26)32-28(22)36/h4-9,12-13,15,30H,2-3,10-11,14,16H2,1H3,(H,31,35)(H,32,36). The van der Waals surface area contributed by atoms with Gasteiger partial charge in [-0.15, -0.1) is 0 Å². The first-order valence-corrected chi connectivity index (χ1v) is 12.4. The van der Waals surface area contributed by atoms with Gasteiger partial charge in [0.05, 0.1) is 24.2 Å². The lowest BCUT2D eigenvalue weighted by Gasteiger charge is -2.13. The highest BCUT2D eigenvalue weighted by molar-refractivity contribution is 6.36. The topological polar surface area (TPSA) is 94.3 Å². The summed E-state index contributed by atoms with van der Waals surface area (Å²) in [6.45, 7) is 4.05. The number of hydrogen-bond acceptors (Lipinski definition) is 4. The van der Waals surface area contributed by atoms with Gasteiger partial charge in [0.15, 0.2) is 5.78 Å². The van der Waals surface area contributed by atoms with Gasteiger partial charge >= 0.3 is 0 Å². The Kier molecular flexibility index (Phi) is 6.76. The maximum Gasteiger partial charge on any atom is 0.256 e. The first kappa shape index (κ1) is 24.0. The Morgan fingerprint density at radius 2 is 1.92 bits per heavy atom. The van der Waals surface area contributed by atoms with E-state index in [-0.39, 0.29) is 24.1 Å². The van der Waals surface area contributed by atoms with Crippen LogP contribution in [0.5, 0.6) is 0 Å². The minimum absolute atomic E-state index is 0.00481. The van der Waals surface area contributed by atoms with Gasteiger partial charge in [0.1, 0.15) is 0 Å². The van der Waals surface area contributed by atoms with Crippen molar-refractivity contribution in [2.24, 2.45) is 0 Å². The van der Waals surface area contributed by atoms with Crippen molar-refractivity contribution in [3.8, 4) is 11.1 Å². The molecule has 0 radical (unpaired) electrons. The lowest BCUT2D eigenvalue weighted by Crippen LogP contribution is -2.36. The number of carbonyl (C=O) groups is 3. The van der Waals surface area contributed by atoms with E-state index >= 15 is 0 Å². The number of likely N-dealkylation sites (tertiary alicyclic amines) is 1. The summed E-state index contributed by atoms with van der Waals surface area (Å²) in [5, 5.41) is 6.28. The number of hydrogen-bond donors (Lipinski definition) is 3. The highest BCUT2D eigenvalue weighted by Crippen LogP contribution is 2.41. The van der Waals surface area contributed by atoms with Crippen molar-refractivity contribution in [1.82, 2.24) is 15.2 Å². The highest BCUT2D eigenvalue weighted by atomic mass is 35.5. The summed E-state index contributed by atoms with van der Waals surface area (Å²) in [5.41, 5.74) is 5.60. The molecule has 3 N–H and O–H groups in total. The number of carbonyl (C=O) groups excluding carboxylic acids is 3. The third-order valence-corrected chi connectivity index (χ3v) is 6.96. The van der Waals surface area contributed by atoms with Crippen molar-refractivity contribution in [3.63, 3.8) is 0 Å². The smallest absolute Gasteiger partial charge is 0.256 e. The van der Waals surface area contributed by atoms with Crippen molar-refractivity contribution in [3.05, 3.63) is 76.1 Å². The zero-order valence-corrected chi connectivity index (χ0v) is 20.7. The van der Waals surface area contributed by atoms with Crippen LogP contribution < -0.4 is 10.6 Å². The Bertz CT molecular complexity index is 1390. The molecule has 2 aliphatic rings. The predicted molar refractivity (Wildman–Crippen MR) is 142 cm³/mol. The normalized spacial score (nSPS) is 16.3. The van der Waals surface area contributed by atoms with E-state index < -0.39 is 0 Å². The van der Waals surface area contributed by atoms with Gasteiger partial charge < -0.3 is 15.6 Å². The molecule has 3 heterocycles. The molecule has 2 amide bonds. The van der Waals surface area contributed by atoms with Gasteiger partial charge in [-0.1, -0.05) is 35.9 Å². The monoisotopic (exact) mass is 502 g/mol. The number of ketones is 1. The molecule has 1 saturated heterocycles. The number of fused-ring (bicyclic) bond motifs is 1. The van der Waals surface area contributed by atoms with Gasteiger partial charge in [0.2, 0.25) is 0 Å². The molecule has 7 nitrogen and oxygen atoms in total. The second-order valence-electron chi connectivity index (χ2n) is 9.20. The fourth-order valence-corrected chi connectivity index (χ4v) is 5.04. The highest BCUT2D eigenvalue weighted by Gasteiger charge is 2.28. The van der Waals surface area contributed by atoms with Crippen LogP contribution in [-0.4, -0.2) is 53.7 Å². The largest absolute Gasteiger partial charge is 0.361 e. The molecule has 0 saturated carbocycles. The van der Waals surface area contributed by atoms with Crippen LogP contribution in [0.15, 0.2) is 48.7 Å². The van der Waals surface area contributed by atoms with Gasteiger partial charge in [-0.05, 0) is 73.8 Å². The zero-order valence-electron chi connectivity index (χ0n) is 20.0. The number of halogens is 1. The molecule has 184 valence electrons. The van der Waals surface area contributed by atoms with Gasteiger partial charge in [-0.3, -0.25) is 19.3 Å². The van der Waals surface area contributed by atoms with Gasteiger partial charge in [-0.2, -0.15) is 0 Å². The van der Waals surface area contributed by atoms with E-state index in [1.807, 2.05) is 49.4 Å². The summed E-state index contributed by atoms with van der Waals surface area (Å²) < 4.78 is 0.